The highest BCUT2D eigenvalue weighted by Gasteiger charge is 2.06. The molecule has 25 heavy (non-hydrogen) atoms. The van der Waals surface area contributed by atoms with Crippen LogP contribution in [0.1, 0.15) is 22.8 Å². The number of hydrogen-bond acceptors (Lipinski definition) is 5. The largest absolute Gasteiger partial charge is 0.352 e. The highest BCUT2D eigenvalue weighted by molar-refractivity contribution is 5.79. The minimum absolute atomic E-state index is 0.426. The lowest BCUT2D eigenvalue weighted by molar-refractivity contribution is 0.371. The van der Waals surface area contributed by atoms with Crippen LogP contribution < -0.4 is 10.6 Å². The normalized spacial score (nSPS) is 11.5. The standard InChI is InChI=1S/C17H21N7O/c1-13-22-16(25-23-13)11-20-17(18-2)19-10-14-6-3-4-7-15(14)12-24-9-5-8-21-24/h3-9H,10-12H2,1-2H3,(H2,18,19,20). The maximum Gasteiger partial charge on any atom is 0.246 e. The van der Waals surface area contributed by atoms with E-state index in [0.717, 1.165) is 6.54 Å². The predicted molar refractivity (Wildman–Crippen MR) is 93.8 cm³/mol. The van der Waals surface area contributed by atoms with E-state index in [1.54, 1.807) is 20.2 Å². The average Bonchev–Trinajstić information content (AvgIpc) is 3.28. The fourth-order valence-corrected chi connectivity index (χ4v) is 2.42. The molecule has 0 amide bonds. The highest BCUT2D eigenvalue weighted by atomic mass is 16.5. The molecule has 0 aliphatic heterocycles. The second-order valence-electron chi connectivity index (χ2n) is 5.49. The number of nitrogens with zero attached hydrogens (tertiary/aromatic N) is 5. The molecule has 0 aliphatic carbocycles. The Hall–Kier alpha value is -3.16. The number of guanidine groups is 1. The van der Waals surface area contributed by atoms with E-state index in [0.29, 0.717) is 30.8 Å². The second-order valence-corrected chi connectivity index (χ2v) is 5.49. The molecule has 3 aromatic rings. The number of hydrogen-bond donors (Lipinski definition) is 2. The summed E-state index contributed by atoms with van der Waals surface area (Å²) in [5, 5.41) is 14.5. The van der Waals surface area contributed by atoms with Gasteiger partial charge < -0.3 is 15.2 Å². The first kappa shape index (κ1) is 16.7. The molecule has 8 heteroatoms. The molecule has 0 spiro atoms. The monoisotopic (exact) mass is 339 g/mol. The topological polar surface area (TPSA) is 93.2 Å². The van der Waals surface area contributed by atoms with Crippen LogP contribution in [-0.2, 0) is 19.6 Å². The summed E-state index contributed by atoms with van der Waals surface area (Å²) in [7, 11) is 1.73. The lowest BCUT2D eigenvalue weighted by Crippen LogP contribution is -2.36. The number of aryl methyl sites for hydroxylation is 1. The van der Waals surface area contributed by atoms with Crippen molar-refractivity contribution < 1.29 is 4.52 Å². The van der Waals surface area contributed by atoms with Gasteiger partial charge in [-0.2, -0.15) is 10.1 Å². The van der Waals surface area contributed by atoms with Crippen molar-refractivity contribution in [2.75, 3.05) is 7.05 Å². The van der Waals surface area contributed by atoms with Gasteiger partial charge in [-0.05, 0) is 24.1 Å². The molecule has 130 valence electrons. The van der Waals surface area contributed by atoms with Gasteiger partial charge in [0, 0.05) is 26.0 Å². The van der Waals surface area contributed by atoms with Gasteiger partial charge in [-0.25, -0.2) is 0 Å². The minimum atomic E-state index is 0.426. The van der Waals surface area contributed by atoms with Gasteiger partial charge in [-0.1, -0.05) is 29.4 Å². The van der Waals surface area contributed by atoms with Crippen LogP contribution in [0.3, 0.4) is 0 Å². The van der Waals surface area contributed by atoms with E-state index in [1.165, 1.54) is 11.1 Å². The summed E-state index contributed by atoms with van der Waals surface area (Å²) in [4.78, 5) is 8.38. The third-order valence-corrected chi connectivity index (χ3v) is 3.66. The third kappa shape index (κ3) is 4.66. The lowest BCUT2D eigenvalue weighted by atomic mass is 10.1. The molecule has 2 heterocycles. The summed E-state index contributed by atoms with van der Waals surface area (Å²) in [6, 6.07) is 10.2. The Morgan fingerprint density at radius 1 is 1.16 bits per heavy atom. The zero-order chi connectivity index (χ0) is 17.5. The SMILES string of the molecule is CN=C(NCc1nc(C)no1)NCc1ccccc1Cn1cccn1. The van der Waals surface area contributed by atoms with Crippen molar-refractivity contribution >= 4 is 5.96 Å². The maximum absolute atomic E-state index is 5.08. The first-order valence-corrected chi connectivity index (χ1v) is 8.02. The molecule has 8 nitrogen and oxygen atoms in total. The molecule has 0 bridgehead atoms. The van der Waals surface area contributed by atoms with Crippen LogP contribution in [0.25, 0.3) is 0 Å². The van der Waals surface area contributed by atoms with E-state index in [2.05, 4.69) is 43.0 Å². The minimum Gasteiger partial charge on any atom is -0.352 e. The van der Waals surface area contributed by atoms with E-state index in [9.17, 15) is 0 Å². The number of benzene rings is 1. The highest BCUT2D eigenvalue weighted by Crippen LogP contribution is 2.10. The fraction of sp³-hybridized carbons (Fsp3) is 0.294. The molecular formula is C17H21N7O. The van der Waals surface area contributed by atoms with Gasteiger partial charge in [0.25, 0.3) is 0 Å². The molecule has 2 N–H and O–H groups in total. The van der Waals surface area contributed by atoms with Crippen LogP contribution in [0.4, 0.5) is 0 Å². The van der Waals surface area contributed by atoms with Crippen molar-refractivity contribution in [3.05, 3.63) is 65.6 Å². The zero-order valence-electron chi connectivity index (χ0n) is 14.3. The molecule has 0 saturated carbocycles. The van der Waals surface area contributed by atoms with Crippen molar-refractivity contribution in [2.24, 2.45) is 4.99 Å². The molecule has 0 unspecified atom stereocenters. The first-order valence-electron chi connectivity index (χ1n) is 8.02. The number of aliphatic imine (C=N–C) groups is 1. The first-order chi connectivity index (χ1) is 12.2. The van der Waals surface area contributed by atoms with Crippen LogP contribution in [0.2, 0.25) is 0 Å². The predicted octanol–water partition coefficient (Wildman–Crippen LogP) is 1.49. The molecule has 3 rings (SSSR count). The summed E-state index contributed by atoms with van der Waals surface area (Å²) < 4.78 is 6.99. The van der Waals surface area contributed by atoms with E-state index in [-0.39, 0.29) is 0 Å². The summed E-state index contributed by atoms with van der Waals surface area (Å²) in [6.07, 6.45) is 3.74. The lowest BCUT2D eigenvalue weighted by Gasteiger charge is -2.13. The van der Waals surface area contributed by atoms with E-state index < -0.39 is 0 Å². The van der Waals surface area contributed by atoms with Gasteiger partial charge >= 0.3 is 0 Å². The number of rotatable bonds is 6. The van der Waals surface area contributed by atoms with Crippen LogP contribution in [0.15, 0.2) is 52.2 Å². The van der Waals surface area contributed by atoms with Gasteiger partial charge in [0.05, 0.1) is 13.1 Å². The van der Waals surface area contributed by atoms with Gasteiger partial charge in [0.1, 0.15) is 0 Å². The van der Waals surface area contributed by atoms with Gasteiger partial charge in [0.2, 0.25) is 5.89 Å². The number of aromatic nitrogens is 4. The van der Waals surface area contributed by atoms with E-state index >= 15 is 0 Å². The van der Waals surface area contributed by atoms with Crippen LogP contribution in [-0.4, -0.2) is 32.9 Å². The Morgan fingerprint density at radius 3 is 2.64 bits per heavy atom. The van der Waals surface area contributed by atoms with Crippen LogP contribution >= 0.6 is 0 Å². The summed E-state index contributed by atoms with van der Waals surface area (Å²) in [6.45, 7) is 3.60. The summed E-state index contributed by atoms with van der Waals surface area (Å²) >= 11 is 0. The Bertz CT molecular complexity index is 823. The van der Waals surface area contributed by atoms with Crippen molar-refractivity contribution in [2.45, 2.75) is 26.6 Å². The molecule has 0 saturated heterocycles. The molecule has 0 radical (unpaired) electrons. The van der Waals surface area contributed by atoms with E-state index in [1.807, 2.05) is 29.1 Å². The Morgan fingerprint density at radius 2 is 1.96 bits per heavy atom. The molecular weight excluding hydrogens is 318 g/mol. The average molecular weight is 339 g/mol. The Balaban J connectivity index is 1.58. The Labute approximate surface area is 146 Å². The van der Waals surface area contributed by atoms with Crippen LogP contribution in [0, 0.1) is 6.92 Å². The maximum atomic E-state index is 5.08. The smallest absolute Gasteiger partial charge is 0.246 e. The van der Waals surface area contributed by atoms with Crippen molar-refractivity contribution in [1.29, 1.82) is 0 Å². The van der Waals surface area contributed by atoms with Gasteiger partial charge in [-0.15, -0.1) is 0 Å². The molecule has 0 aliphatic rings. The second kappa shape index (κ2) is 8.09. The quantitative estimate of drug-likeness (QED) is 0.522. The van der Waals surface area contributed by atoms with Gasteiger partial charge in [-0.3, -0.25) is 9.67 Å². The summed E-state index contributed by atoms with van der Waals surface area (Å²) in [5.41, 5.74) is 2.40. The molecule has 0 fully saturated rings. The molecule has 0 atom stereocenters. The summed E-state index contributed by atoms with van der Waals surface area (Å²) in [5.74, 6) is 1.82. The molecule has 2 aromatic heterocycles. The van der Waals surface area contributed by atoms with Gasteiger partial charge in [0.15, 0.2) is 11.8 Å². The van der Waals surface area contributed by atoms with E-state index in [4.69, 9.17) is 4.52 Å². The van der Waals surface area contributed by atoms with Crippen molar-refractivity contribution in [1.82, 2.24) is 30.6 Å². The van der Waals surface area contributed by atoms with Crippen LogP contribution in [0.5, 0.6) is 0 Å². The Kier molecular flexibility index (Phi) is 5.40. The number of nitrogens with one attached hydrogen (secondary N) is 2. The zero-order valence-corrected chi connectivity index (χ0v) is 14.3. The van der Waals surface area contributed by atoms with Crippen molar-refractivity contribution in [3.63, 3.8) is 0 Å². The van der Waals surface area contributed by atoms with Crippen molar-refractivity contribution in [3.8, 4) is 0 Å². The fourth-order valence-electron chi connectivity index (χ4n) is 2.42. The molecule has 1 aromatic carbocycles. The third-order valence-electron chi connectivity index (χ3n) is 3.66.